The lowest BCUT2D eigenvalue weighted by Crippen LogP contribution is -2.06. The average molecular weight is 250 g/mol. The summed E-state index contributed by atoms with van der Waals surface area (Å²) in [5.41, 5.74) is 1.36. The maximum absolute atomic E-state index is 10.0. The molecule has 2 aromatic rings. The van der Waals surface area contributed by atoms with Gasteiger partial charge in [0.2, 0.25) is 0 Å². The molecule has 0 bridgehead atoms. The number of aliphatic hydroxyl groups excluding tert-OH is 1. The summed E-state index contributed by atoms with van der Waals surface area (Å²) in [4.78, 5) is 0. The number of aromatic nitrogens is 2. The van der Waals surface area contributed by atoms with Gasteiger partial charge in [0.1, 0.15) is 17.5 Å². The second-order valence-electron chi connectivity index (χ2n) is 3.97. The predicted molar refractivity (Wildman–Crippen MR) is 66.2 cm³/mol. The van der Waals surface area contributed by atoms with Crippen molar-refractivity contribution < 1.29 is 9.84 Å². The molecule has 1 aromatic carbocycles. The van der Waals surface area contributed by atoms with Crippen molar-refractivity contribution in [2.45, 2.75) is 26.1 Å². The zero-order valence-corrected chi connectivity index (χ0v) is 10.5. The fraction of sp³-hybridized carbons (Fsp3) is 0.333. The van der Waals surface area contributed by atoms with Crippen LogP contribution in [-0.2, 0) is 0 Å². The molecular formula is C12H14N2O2S. The van der Waals surface area contributed by atoms with Gasteiger partial charge < -0.3 is 9.84 Å². The zero-order chi connectivity index (χ0) is 12.3. The minimum absolute atomic E-state index is 0.147. The lowest BCUT2D eigenvalue weighted by atomic mass is 10.1. The van der Waals surface area contributed by atoms with Gasteiger partial charge in [0, 0.05) is 0 Å². The van der Waals surface area contributed by atoms with Crippen molar-refractivity contribution >= 4 is 11.7 Å². The number of benzene rings is 1. The van der Waals surface area contributed by atoms with Gasteiger partial charge in [0.25, 0.3) is 0 Å². The molecule has 0 saturated carbocycles. The van der Waals surface area contributed by atoms with E-state index in [4.69, 9.17) is 4.74 Å². The van der Waals surface area contributed by atoms with Gasteiger partial charge in [0.05, 0.1) is 24.0 Å². The van der Waals surface area contributed by atoms with Crippen molar-refractivity contribution in [3.05, 3.63) is 41.7 Å². The second kappa shape index (κ2) is 5.25. The Morgan fingerprint density at radius 3 is 2.47 bits per heavy atom. The van der Waals surface area contributed by atoms with Crippen LogP contribution in [0.4, 0.5) is 0 Å². The zero-order valence-electron chi connectivity index (χ0n) is 9.70. The number of ether oxygens (including phenoxy) is 1. The Bertz CT molecular complexity index is 454. The van der Waals surface area contributed by atoms with E-state index in [2.05, 4.69) is 8.75 Å². The quantitative estimate of drug-likeness (QED) is 0.905. The summed E-state index contributed by atoms with van der Waals surface area (Å²) in [6, 6.07) is 7.36. The maximum Gasteiger partial charge on any atom is 0.124 e. The average Bonchev–Trinajstić information content (AvgIpc) is 2.82. The molecule has 0 saturated heterocycles. The monoisotopic (exact) mass is 250 g/mol. The van der Waals surface area contributed by atoms with Crippen molar-refractivity contribution in [1.82, 2.24) is 8.75 Å². The first-order valence-corrected chi connectivity index (χ1v) is 6.12. The van der Waals surface area contributed by atoms with Gasteiger partial charge in [-0.3, -0.25) is 0 Å². The molecule has 0 fully saturated rings. The summed E-state index contributed by atoms with van der Waals surface area (Å²) in [7, 11) is 0. The van der Waals surface area contributed by atoms with Crippen LogP contribution in [0.2, 0.25) is 0 Å². The van der Waals surface area contributed by atoms with Crippen LogP contribution in [-0.4, -0.2) is 20.0 Å². The highest BCUT2D eigenvalue weighted by Gasteiger charge is 2.13. The second-order valence-corrected chi connectivity index (χ2v) is 4.53. The van der Waals surface area contributed by atoms with E-state index >= 15 is 0 Å². The standard InChI is InChI=1S/C12H14N2O2S/c1-8(2)16-10-5-3-9(4-6-10)12(15)11-7-13-17-14-11/h3-8,12,15H,1-2H3. The summed E-state index contributed by atoms with van der Waals surface area (Å²) < 4.78 is 13.4. The summed E-state index contributed by atoms with van der Waals surface area (Å²) in [5.74, 6) is 0.798. The Kier molecular flexibility index (Phi) is 3.71. The third kappa shape index (κ3) is 3.01. The Morgan fingerprint density at radius 2 is 1.94 bits per heavy atom. The molecule has 1 N–H and O–H groups in total. The van der Waals surface area contributed by atoms with E-state index < -0.39 is 6.10 Å². The van der Waals surface area contributed by atoms with Crippen LogP contribution in [0.5, 0.6) is 5.75 Å². The largest absolute Gasteiger partial charge is 0.491 e. The van der Waals surface area contributed by atoms with Crippen LogP contribution < -0.4 is 4.74 Å². The number of aliphatic hydroxyl groups is 1. The summed E-state index contributed by atoms with van der Waals surface area (Å²) in [6.45, 7) is 3.95. The van der Waals surface area contributed by atoms with Crippen molar-refractivity contribution in [3.63, 3.8) is 0 Å². The number of hydrogen-bond donors (Lipinski definition) is 1. The smallest absolute Gasteiger partial charge is 0.124 e. The maximum atomic E-state index is 10.0. The highest BCUT2D eigenvalue weighted by molar-refractivity contribution is 6.99. The molecule has 0 amide bonds. The summed E-state index contributed by atoms with van der Waals surface area (Å²) in [6.07, 6.45) is 1.00. The molecular weight excluding hydrogens is 236 g/mol. The minimum Gasteiger partial charge on any atom is -0.491 e. The van der Waals surface area contributed by atoms with Crippen molar-refractivity contribution in [2.75, 3.05) is 0 Å². The van der Waals surface area contributed by atoms with Crippen molar-refractivity contribution in [2.24, 2.45) is 0 Å². The minimum atomic E-state index is -0.721. The number of hydrogen-bond acceptors (Lipinski definition) is 5. The highest BCUT2D eigenvalue weighted by Crippen LogP contribution is 2.23. The topological polar surface area (TPSA) is 55.2 Å². The molecule has 17 heavy (non-hydrogen) atoms. The molecule has 0 aliphatic carbocycles. The third-order valence-corrected chi connectivity index (χ3v) is 2.72. The van der Waals surface area contributed by atoms with E-state index in [9.17, 15) is 5.11 Å². The Balaban J connectivity index is 2.12. The lowest BCUT2D eigenvalue weighted by molar-refractivity contribution is 0.215. The van der Waals surface area contributed by atoms with E-state index in [0.29, 0.717) is 5.69 Å². The molecule has 1 atom stereocenters. The van der Waals surface area contributed by atoms with Gasteiger partial charge in [-0.25, -0.2) is 0 Å². The van der Waals surface area contributed by atoms with Crippen molar-refractivity contribution in [3.8, 4) is 5.75 Å². The van der Waals surface area contributed by atoms with E-state index in [1.807, 2.05) is 38.1 Å². The van der Waals surface area contributed by atoms with Crippen LogP contribution in [0, 0.1) is 0 Å². The Labute approximate surface area is 104 Å². The highest BCUT2D eigenvalue weighted by atomic mass is 32.1. The molecule has 1 unspecified atom stereocenters. The van der Waals surface area contributed by atoms with Gasteiger partial charge in [-0.05, 0) is 31.5 Å². The first-order chi connectivity index (χ1) is 8.16. The molecule has 0 aliphatic heterocycles. The first-order valence-electron chi connectivity index (χ1n) is 5.39. The van der Waals surface area contributed by atoms with Gasteiger partial charge in [0.15, 0.2) is 0 Å². The number of nitrogens with zero attached hydrogens (tertiary/aromatic N) is 2. The van der Waals surface area contributed by atoms with Crippen molar-refractivity contribution in [1.29, 1.82) is 0 Å². The molecule has 0 aliphatic rings. The fourth-order valence-electron chi connectivity index (χ4n) is 1.46. The fourth-order valence-corrected chi connectivity index (χ4v) is 1.91. The van der Waals surface area contributed by atoms with E-state index in [1.54, 1.807) is 6.20 Å². The van der Waals surface area contributed by atoms with Gasteiger partial charge in [-0.2, -0.15) is 8.75 Å². The molecule has 0 radical (unpaired) electrons. The molecule has 90 valence electrons. The lowest BCUT2D eigenvalue weighted by Gasteiger charge is -2.11. The molecule has 1 aromatic heterocycles. The molecule has 5 heteroatoms. The normalized spacial score (nSPS) is 12.7. The van der Waals surface area contributed by atoms with Crippen LogP contribution >= 0.6 is 11.7 Å². The summed E-state index contributed by atoms with van der Waals surface area (Å²) in [5, 5.41) is 10.0. The van der Waals surface area contributed by atoms with Crippen LogP contribution in [0.1, 0.15) is 31.2 Å². The summed E-state index contributed by atoms with van der Waals surface area (Å²) >= 11 is 1.09. The van der Waals surface area contributed by atoms with E-state index in [1.165, 1.54) is 0 Å². The Morgan fingerprint density at radius 1 is 1.24 bits per heavy atom. The third-order valence-electron chi connectivity index (χ3n) is 2.23. The predicted octanol–water partition coefficient (Wildman–Crippen LogP) is 2.41. The van der Waals surface area contributed by atoms with Crippen LogP contribution in [0.25, 0.3) is 0 Å². The van der Waals surface area contributed by atoms with Gasteiger partial charge in [-0.15, -0.1) is 0 Å². The molecule has 1 heterocycles. The van der Waals surface area contributed by atoms with Crippen LogP contribution in [0.15, 0.2) is 30.5 Å². The Hall–Kier alpha value is -1.46. The van der Waals surface area contributed by atoms with E-state index in [-0.39, 0.29) is 6.10 Å². The molecule has 2 rings (SSSR count). The van der Waals surface area contributed by atoms with Crippen LogP contribution in [0.3, 0.4) is 0 Å². The SMILES string of the molecule is CC(C)Oc1ccc(C(O)c2cnsn2)cc1. The molecule has 4 nitrogen and oxygen atoms in total. The van der Waals surface area contributed by atoms with Gasteiger partial charge >= 0.3 is 0 Å². The number of rotatable bonds is 4. The van der Waals surface area contributed by atoms with E-state index in [0.717, 1.165) is 23.0 Å². The first kappa shape index (κ1) is 12.0. The van der Waals surface area contributed by atoms with Gasteiger partial charge in [-0.1, -0.05) is 12.1 Å². The molecule has 0 spiro atoms.